The van der Waals surface area contributed by atoms with Crippen molar-refractivity contribution in [3.05, 3.63) is 0 Å². The third kappa shape index (κ3) is 2.34. The van der Waals surface area contributed by atoms with E-state index in [4.69, 9.17) is 5.73 Å². The Balaban J connectivity index is 4.13. The van der Waals surface area contributed by atoms with Gasteiger partial charge in [0.2, 0.25) is 0 Å². The predicted octanol–water partition coefficient (Wildman–Crippen LogP) is -0.654. The van der Waals surface area contributed by atoms with Gasteiger partial charge >= 0.3 is 6.09 Å². The van der Waals surface area contributed by atoms with Gasteiger partial charge in [0.25, 0.3) is 5.91 Å². The van der Waals surface area contributed by atoms with Crippen molar-refractivity contribution in [2.24, 2.45) is 11.5 Å². The van der Waals surface area contributed by atoms with Crippen molar-refractivity contribution in [2.45, 2.75) is 19.4 Å². The molecule has 0 aromatic rings. The summed E-state index contributed by atoms with van der Waals surface area (Å²) in [6.45, 7) is 2.72. The molecule has 0 aliphatic heterocycles. The molecule has 0 unspecified atom stereocenters. The van der Waals surface area contributed by atoms with Gasteiger partial charge in [0.05, 0.1) is 0 Å². The van der Waals surface area contributed by atoms with Crippen molar-refractivity contribution in [1.82, 2.24) is 0 Å². The number of ether oxygens (including phenoxy) is 1. The van der Waals surface area contributed by atoms with Crippen molar-refractivity contribution in [3.63, 3.8) is 0 Å². The summed E-state index contributed by atoms with van der Waals surface area (Å²) >= 11 is 0. The van der Waals surface area contributed by atoms with E-state index in [0.717, 1.165) is 0 Å². The first-order valence-electron chi connectivity index (χ1n) is 2.64. The normalized spacial score (nSPS) is 10.6. The number of primary amides is 2. The van der Waals surface area contributed by atoms with Crippen molar-refractivity contribution >= 4 is 12.0 Å². The Morgan fingerprint density at radius 3 is 1.80 bits per heavy atom. The number of rotatable bonds is 2. The standard InChI is InChI=1S/C5H10N2O3/c1-5(2,3(6)8)10-4(7)9/h1-2H3,(H2,6,8)(H2,7,9). The van der Waals surface area contributed by atoms with E-state index in [9.17, 15) is 9.59 Å². The highest BCUT2D eigenvalue weighted by atomic mass is 16.6. The van der Waals surface area contributed by atoms with Crippen LogP contribution in [0.4, 0.5) is 4.79 Å². The largest absolute Gasteiger partial charge is 0.434 e. The maximum absolute atomic E-state index is 10.4. The molecule has 0 bridgehead atoms. The second-order valence-electron chi connectivity index (χ2n) is 2.30. The van der Waals surface area contributed by atoms with E-state index in [-0.39, 0.29) is 0 Å². The van der Waals surface area contributed by atoms with E-state index in [0.29, 0.717) is 0 Å². The summed E-state index contributed by atoms with van der Waals surface area (Å²) < 4.78 is 4.36. The molecule has 0 aromatic carbocycles. The molecule has 0 radical (unpaired) electrons. The molecule has 4 N–H and O–H groups in total. The molecule has 2 amide bonds. The van der Waals surface area contributed by atoms with Gasteiger partial charge in [-0.3, -0.25) is 4.79 Å². The first-order valence-corrected chi connectivity index (χ1v) is 2.64. The van der Waals surface area contributed by atoms with Gasteiger partial charge in [0.15, 0.2) is 5.60 Å². The highest BCUT2D eigenvalue weighted by Crippen LogP contribution is 2.06. The highest BCUT2D eigenvalue weighted by Gasteiger charge is 2.28. The van der Waals surface area contributed by atoms with E-state index >= 15 is 0 Å². The molecule has 0 rings (SSSR count). The summed E-state index contributed by atoms with van der Waals surface area (Å²) in [5.41, 5.74) is 8.18. The molecule has 0 atom stereocenters. The molecule has 5 heteroatoms. The Kier molecular flexibility index (Phi) is 2.23. The summed E-state index contributed by atoms with van der Waals surface area (Å²) in [5.74, 6) is -0.730. The minimum absolute atomic E-state index is 0.730. The van der Waals surface area contributed by atoms with Crippen LogP contribution in [0, 0.1) is 0 Å². The molecule has 0 saturated carbocycles. The lowest BCUT2D eigenvalue weighted by molar-refractivity contribution is -0.133. The molecule has 58 valence electrons. The zero-order chi connectivity index (χ0) is 8.36. The van der Waals surface area contributed by atoms with Gasteiger partial charge in [-0.15, -0.1) is 0 Å². The fourth-order valence-corrected chi connectivity index (χ4v) is 0.302. The Morgan fingerprint density at radius 2 is 1.70 bits per heavy atom. The van der Waals surface area contributed by atoms with Crippen LogP contribution >= 0.6 is 0 Å². The Bertz CT molecular complexity index is 164. The van der Waals surface area contributed by atoms with Gasteiger partial charge in [0.1, 0.15) is 0 Å². The smallest absolute Gasteiger partial charge is 0.405 e. The lowest BCUT2D eigenvalue weighted by Crippen LogP contribution is -2.43. The number of amides is 2. The molecule has 5 nitrogen and oxygen atoms in total. The fourth-order valence-electron chi connectivity index (χ4n) is 0.302. The summed E-state index contributed by atoms with van der Waals surface area (Å²) in [4.78, 5) is 20.6. The first-order chi connectivity index (χ1) is 4.36. The highest BCUT2D eigenvalue weighted by molar-refractivity contribution is 5.84. The number of nitrogens with two attached hydrogens (primary N) is 2. The number of hydrogen-bond donors (Lipinski definition) is 2. The molecule has 0 fully saturated rings. The van der Waals surface area contributed by atoms with Crippen LogP contribution < -0.4 is 11.5 Å². The van der Waals surface area contributed by atoms with Crippen LogP contribution in [0.3, 0.4) is 0 Å². The average molecular weight is 146 g/mol. The van der Waals surface area contributed by atoms with Crippen LogP contribution in [0.2, 0.25) is 0 Å². The van der Waals surface area contributed by atoms with Crippen LogP contribution in [-0.2, 0) is 9.53 Å². The van der Waals surface area contributed by atoms with Crippen LogP contribution in [-0.4, -0.2) is 17.6 Å². The van der Waals surface area contributed by atoms with Crippen molar-refractivity contribution in [1.29, 1.82) is 0 Å². The van der Waals surface area contributed by atoms with Gasteiger partial charge in [-0.2, -0.15) is 0 Å². The van der Waals surface area contributed by atoms with Gasteiger partial charge in [-0.05, 0) is 13.8 Å². The zero-order valence-electron chi connectivity index (χ0n) is 5.88. The minimum Gasteiger partial charge on any atom is -0.434 e. The van der Waals surface area contributed by atoms with Gasteiger partial charge in [-0.25, -0.2) is 4.79 Å². The average Bonchev–Trinajstić information content (AvgIpc) is 1.60. The van der Waals surface area contributed by atoms with Gasteiger partial charge < -0.3 is 16.2 Å². The van der Waals surface area contributed by atoms with Crippen LogP contribution in [0.5, 0.6) is 0 Å². The maximum atomic E-state index is 10.4. The van der Waals surface area contributed by atoms with Crippen LogP contribution in [0.25, 0.3) is 0 Å². The fraction of sp³-hybridized carbons (Fsp3) is 0.600. The topological polar surface area (TPSA) is 95.4 Å². The Hall–Kier alpha value is -1.26. The van der Waals surface area contributed by atoms with Gasteiger partial charge in [-0.1, -0.05) is 0 Å². The van der Waals surface area contributed by atoms with Crippen LogP contribution in [0.15, 0.2) is 0 Å². The summed E-state index contributed by atoms with van der Waals surface area (Å²) in [6.07, 6.45) is -1.01. The molecular formula is C5H10N2O3. The van der Waals surface area contributed by atoms with E-state index in [1.54, 1.807) is 0 Å². The SMILES string of the molecule is CC(C)(OC(N)=O)C(N)=O. The van der Waals surface area contributed by atoms with Crippen molar-refractivity contribution in [2.75, 3.05) is 0 Å². The summed E-state index contributed by atoms with van der Waals surface area (Å²) in [7, 11) is 0. The lowest BCUT2D eigenvalue weighted by Gasteiger charge is -2.18. The van der Waals surface area contributed by atoms with E-state index in [1.807, 2.05) is 0 Å². The van der Waals surface area contributed by atoms with Crippen molar-refractivity contribution in [3.8, 4) is 0 Å². The van der Waals surface area contributed by atoms with E-state index in [2.05, 4.69) is 10.5 Å². The second-order valence-corrected chi connectivity index (χ2v) is 2.30. The molecule has 0 heterocycles. The molecule has 0 aromatic heterocycles. The monoisotopic (exact) mass is 146 g/mol. The Morgan fingerprint density at radius 1 is 1.30 bits per heavy atom. The zero-order valence-corrected chi connectivity index (χ0v) is 5.88. The third-order valence-corrected chi connectivity index (χ3v) is 0.949. The quantitative estimate of drug-likeness (QED) is 0.541. The lowest BCUT2D eigenvalue weighted by atomic mass is 10.1. The molecule has 10 heavy (non-hydrogen) atoms. The third-order valence-electron chi connectivity index (χ3n) is 0.949. The minimum atomic E-state index is -1.31. The number of carbonyl (C=O) groups excluding carboxylic acids is 2. The molecule has 0 aliphatic carbocycles. The number of hydrogen-bond acceptors (Lipinski definition) is 3. The predicted molar refractivity (Wildman–Crippen MR) is 33.9 cm³/mol. The molecule has 0 saturated heterocycles. The molecule has 0 spiro atoms. The second kappa shape index (κ2) is 2.55. The van der Waals surface area contributed by atoms with E-state index in [1.165, 1.54) is 13.8 Å². The maximum Gasteiger partial charge on any atom is 0.405 e. The summed E-state index contributed by atoms with van der Waals surface area (Å²) in [6, 6.07) is 0. The van der Waals surface area contributed by atoms with Crippen molar-refractivity contribution < 1.29 is 14.3 Å². The Labute approximate surface area is 58.3 Å². The molecule has 0 aliphatic rings. The number of carbonyl (C=O) groups is 2. The first kappa shape index (κ1) is 8.74. The van der Waals surface area contributed by atoms with E-state index < -0.39 is 17.6 Å². The molecular weight excluding hydrogens is 136 g/mol. The van der Waals surface area contributed by atoms with Crippen LogP contribution in [0.1, 0.15) is 13.8 Å². The summed E-state index contributed by atoms with van der Waals surface area (Å²) in [5, 5.41) is 0. The van der Waals surface area contributed by atoms with Gasteiger partial charge in [0, 0.05) is 0 Å².